The number of fused-ring (bicyclic) bond motifs is 1. The van der Waals surface area contributed by atoms with E-state index in [1.165, 1.54) is 6.33 Å². The number of nitrogens with one attached hydrogen (secondary N) is 1. The number of aromatic nitrogens is 5. The van der Waals surface area contributed by atoms with Crippen molar-refractivity contribution in [3.8, 4) is 28.4 Å². The Morgan fingerprint density at radius 3 is 2.60 bits per heavy atom. The smallest absolute Gasteiger partial charge is 0.139 e. The van der Waals surface area contributed by atoms with Gasteiger partial charge in [-0.2, -0.15) is 15.4 Å². The number of aromatic amines is 1. The van der Waals surface area contributed by atoms with E-state index < -0.39 is 0 Å². The van der Waals surface area contributed by atoms with Gasteiger partial charge in [0.15, 0.2) is 0 Å². The molecule has 2 aromatic heterocycles. The average Bonchev–Trinajstić information content (AvgIpc) is 3.12. The van der Waals surface area contributed by atoms with E-state index in [-0.39, 0.29) is 0 Å². The molecule has 0 aliphatic carbocycles. The van der Waals surface area contributed by atoms with Crippen molar-refractivity contribution in [1.82, 2.24) is 25.4 Å². The normalized spacial score (nSPS) is 11.0. The maximum absolute atomic E-state index is 5.63. The summed E-state index contributed by atoms with van der Waals surface area (Å²) in [6.07, 6.45) is 1.53. The van der Waals surface area contributed by atoms with Crippen LogP contribution in [0.5, 0.6) is 5.75 Å². The second-order valence-corrected chi connectivity index (χ2v) is 6.20. The minimum atomic E-state index is 0.587. The van der Waals surface area contributed by atoms with Gasteiger partial charge in [0, 0.05) is 17.0 Å². The first-order valence-electron chi connectivity index (χ1n) is 7.81. The lowest BCUT2D eigenvalue weighted by atomic mass is 10.1. The lowest BCUT2D eigenvalue weighted by Crippen LogP contribution is -1.95. The molecule has 4 aromatic rings. The standard InChI is InChI=1S/C18H14BrN5O/c1-2-25-15-9-14-12(8-13(15)19)17(21-10-20-14)18-16(22-24-23-18)11-6-4-3-5-7-11/h3-10H,2H2,1H3,(H,22,23,24). The Hall–Kier alpha value is -2.80. The van der Waals surface area contributed by atoms with Crippen LogP contribution in [-0.4, -0.2) is 32.0 Å². The number of hydrogen-bond acceptors (Lipinski definition) is 5. The third-order valence-electron chi connectivity index (χ3n) is 3.81. The van der Waals surface area contributed by atoms with Crippen molar-refractivity contribution in [2.24, 2.45) is 0 Å². The highest BCUT2D eigenvalue weighted by Crippen LogP contribution is 2.35. The van der Waals surface area contributed by atoms with Crippen molar-refractivity contribution in [3.63, 3.8) is 0 Å². The molecule has 0 atom stereocenters. The summed E-state index contributed by atoms with van der Waals surface area (Å²) in [4.78, 5) is 8.82. The topological polar surface area (TPSA) is 76.6 Å². The predicted molar refractivity (Wildman–Crippen MR) is 99.2 cm³/mol. The van der Waals surface area contributed by atoms with E-state index in [1.54, 1.807) is 0 Å². The minimum absolute atomic E-state index is 0.587. The van der Waals surface area contributed by atoms with Crippen LogP contribution >= 0.6 is 15.9 Å². The van der Waals surface area contributed by atoms with Crippen LogP contribution in [-0.2, 0) is 0 Å². The molecule has 2 aromatic carbocycles. The minimum Gasteiger partial charge on any atom is -0.493 e. The number of halogens is 1. The van der Waals surface area contributed by atoms with E-state index in [0.29, 0.717) is 12.3 Å². The second-order valence-electron chi connectivity index (χ2n) is 5.34. The molecule has 0 aliphatic rings. The zero-order chi connectivity index (χ0) is 17.2. The molecule has 0 radical (unpaired) electrons. The van der Waals surface area contributed by atoms with Crippen molar-refractivity contribution in [3.05, 3.63) is 53.3 Å². The van der Waals surface area contributed by atoms with E-state index in [2.05, 4.69) is 41.3 Å². The molecule has 0 saturated carbocycles. The highest BCUT2D eigenvalue weighted by Gasteiger charge is 2.17. The summed E-state index contributed by atoms with van der Waals surface area (Å²) in [6, 6.07) is 13.8. The van der Waals surface area contributed by atoms with Crippen LogP contribution in [0.1, 0.15) is 6.92 Å². The Kier molecular flexibility index (Phi) is 4.15. The van der Waals surface area contributed by atoms with Gasteiger partial charge in [0.25, 0.3) is 0 Å². The van der Waals surface area contributed by atoms with Gasteiger partial charge in [0.05, 0.1) is 16.6 Å². The molecule has 124 valence electrons. The zero-order valence-electron chi connectivity index (χ0n) is 13.4. The quantitative estimate of drug-likeness (QED) is 0.558. The molecule has 25 heavy (non-hydrogen) atoms. The fourth-order valence-corrected chi connectivity index (χ4v) is 3.16. The SMILES string of the molecule is CCOc1cc2ncnc(-c3n[nH]nc3-c3ccccc3)c2cc1Br. The van der Waals surface area contributed by atoms with Crippen LogP contribution in [0.4, 0.5) is 0 Å². The van der Waals surface area contributed by atoms with Crippen LogP contribution in [0, 0.1) is 0 Å². The average molecular weight is 396 g/mol. The summed E-state index contributed by atoms with van der Waals surface area (Å²) in [5, 5.41) is 12.2. The summed E-state index contributed by atoms with van der Waals surface area (Å²) < 4.78 is 6.48. The van der Waals surface area contributed by atoms with Crippen LogP contribution in [0.2, 0.25) is 0 Å². The first-order chi connectivity index (χ1) is 12.3. The van der Waals surface area contributed by atoms with Crippen molar-refractivity contribution in [2.75, 3.05) is 6.61 Å². The molecule has 7 heteroatoms. The Labute approximate surface area is 152 Å². The first kappa shape index (κ1) is 15.7. The fourth-order valence-electron chi connectivity index (χ4n) is 2.71. The Balaban J connectivity index is 1.91. The van der Waals surface area contributed by atoms with Crippen LogP contribution in [0.15, 0.2) is 53.3 Å². The fraction of sp³-hybridized carbons (Fsp3) is 0.111. The van der Waals surface area contributed by atoms with Gasteiger partial charge in [-0.1, -0.05) is 30.3 Å². The first-order valence-corrected chi connectivity index (χ1v) is 8.61. The third kappa shape index (κ3) is 2.87. The lowest BCUT2D eigenvalue weighted by Gasteiger charge is -2.09. The summed E-state index contributed by atoms with van der Waals surface area (Å²) in [5.41, 5.74) is 3.93. The molecule has 0 spiro atoms. The highest BCUT2D eigenvalue weighted by molar-refractivity contribution is 9.10. The van der Waals surface area contributed by atoms with E-state index >= 15 is 0 Å². The maximum atomic E-state index is 5.63. The molecule has 4 rings (SSSR count). The Morgan fingerprint density at radius 2 is 1.80 bits per heavy atom. The number of H-pyrrole nitrogens is 1. The van der Waals surface area contributed by atoms with Gasteiger partial charge in [0.2, 0.25) is 0 Å². The highest BCUT2D eigenvalue weighted by atomic mass is 79.9. The lowest BCUT2D eigenvalue weighted by molar-refractivity contribution is 0.338. The molecule has 1 N–H and O–H groups in total. The molecule has 0 bridgehead atoms. The molecule has 0 amide bonds. The van der Waals surface area contributed by atoms with Gasteiger partial charge in [0.1, 0.15) is 29.2 Å². The summed E-state index contributed by atoms with van der Waals surface area (Å²) in [7, 11) is 0. The van der Waals surface area contributed by atoms with E-state index in [9.17, 15) is 0 Å². The number of rotatable bonds is 4. The summed E-state index contributed by atoms with van der Waals surface area (Å²) >= 11 is 3.55. The summed E-state index contributed by atoms with van der Waals surface area (Å²) in [5.74, 6) is 0.753. The molecule has 0 unspecified atom stereocenters. The van der Waals surface area contributed by atoms with Crippen LogP contribution < -0.4 is 4.74 Å². The molecular weight excluding hydrogens is 382 g/mol. The molecule has 0 fully saturated rings. The predicted octanol–water partition coefficient (Wildman–Crippen LogP) is 4.24. The van der Waals surface area contributed by atoms with Gasteiger partial charge < -0.3 is 4.74 Å². The largest absolute Gasteiger partial charge is 0.493 e. The number of ether oxygens (including phenoxy) is 1. The van der Waals surface area contributed by atoms with Gasteiger partial charge in [-0.15, -0.1) is 0 Å². The van der Waals surface area contributed by atoms with E-state index in [1.807, 2.05) is 49.4 Å². The maximum Gasteiger partial charge on any atom is 0.139 e. The van der Waals surface area contributed by atoms with Crippen LogP contribution in [0.3, 0.4) is 0 Å². The van der Waals surface area contributed by atoms with Crippen molar-refractivity contribution in [2.45, 2.75) is 6.92 Å². The van der Waals surface area contributed by atoms with E-state index in [0.717, 1.165) is 38.1 Å². The molecule has 6 nitrogen and oxygen atoms in total. The monoisotopic (exact) mass is 395 g/mol. The zero-order valence-corrected chi connectivity index (χ0v) is 15.0. The van der Waals surface area contributed by atoms with Crippen molar-refractivity contribution >= 4 is 26.8 Å². The van der Waals surface area contributed by atoms with Gasteiger partial charge in [-0.25, -0.2) is 9.97 Å². The van der Waals surface area contributed by atoms with Gasteiger partial charge >= 0.3 is 0 Å². The molecule has 2 heterocycles. The number of nitrogens with zero attached hydrogens (tertiary/aromatic N) is 4. The Bertz CT molecular complexity index is 1030. The van der Waals surface area contributed by atoms with Crippen LogP contribution in [0.25, 0.3) is 33.5 Å². The van der Waals surface area contributed by atoms with E-state index in [4.69, 9.17) is 4.74 Å². The molecule has 0 aliphatic heterocycles. The number of benzene rings is 2. The molecular formula is C18H14BrN5O. The second kappa shape index (κ2) is 6.60. The molecule has 0 saturated heterocycles. The van der Waals surface area contributed by atoms with Gasteiger partial charge in [-0.05, 0) is 28.9 Å². The van der Waals surface area contributed by atoms with Crippen molar-refractivity contribution < 1.29 is 4.74 Å². The van der Waals surface area contributed by atoms with Crippen molar-refractivity contribution in [1.29, 1.82) is 0 Å². The Morgan fingerprint density at radius 1 is 1.00 bits per heavy atom. The third-order valence-corrected chi connectivity index (χ3v) is 4.43. The number of hydrogen-bond donors (Lipinski definition) is 1. The van der Waals surface area contributed by atoms with Gasteiger partial charge in [-0.3, -0.25) is 0 Å². The summed E-state index contributed by atoms with van der Waals surface area (Å²) in [6.45, 7) is 2.53.